The van der Waals surface area contributed by atoms with Gasteiger partial charge in [0.05, 0.1) is 6.61 Å². The Bertz CT molecular complexity index is 429. The van der Waals surface area contributed by atoms with E-state index in [2.05, 4.69) is 6.92 Å². The predicted octanol–water partition coefficient (Wildman–Crippen LogP) is 1.89. The molecule has 0 aromatic carbocycles. The number of hydrogen-bond acceptors (Lipinski definition) is 7. The zero-order chi connectivity index (χ0) is 20.4. The van der Waals surface area contributed by atoms with Gasteiger partial charge >= 0.3 is 5.97 Å². The van der Waals surface area contributed by atoms with E-state index in [1.807, 2.05) is 6.92 Å². The van der Waals surface area contributed by atoms with E-state index in [1.54, 1.807) is 6.92 Å². The van der Waals surface area contributed by atoms with Crippen molar-refractivity contribution in [3.05, 3.63) is 0 Å². The van der Waals surface area contributed by atoms with Crippen molar-refractivity contribution in [3.63, 3.8) is 0 Å². The van der Waals surface area contributed by atoms with Crippen molar-refractivity contribution < 1.29 is 34.7 Å². The zero-order valence-electron chi connectivity index (χ0n) is 17.0. The van der Waals surface area contributed by atoms with Crippen LogP contribution in [0.3, 0.4) is 0 Å². The number of unbranched alkanes of at least 4 members (excludes halogenated alkanes) is 6. The number of carbonyl (C=O) groups excluding carboxylic acids is 1. The first kappa shape index (κ1) is 24.3. The number of rotatable bonds is 12. The van der Waals surface area contributed by atoms with Gasteiger partial charge in [-0.1, -0.05) is 59.3 Å². The molecule has 2 unspecified atom stereocenters. The van der Waals surface area contributed by atoms with Gasteiger partial charge in [0, 0.05) is 12.3 Å². The van der Waals surface area contributed by atoms with Crippen molar-refractivity contribution in [1.82, 2.24) is 0 Å². The number of hydrogen-bond donors (Lipinski definition) is 4. The number of carbonyl (C=O) groups is 1. The molecule has 1 heterocycles. The Hall–Kier alpha value is -0.730. The number of ether oxygens (including phenoxy) is 2. The summed E-state index contributed by atoms with van der Waals surface area (Å²) < 4.78 is 11.2. The van der Waals surface area contributed by atoms with Crippen molar-refractivity contribution in [2.45, 2.75) is 109 Å². The van der Waals surface area contributed by atoms with Crippen molar-refractivity contribution in [1.29, 1.82) is 0 Å². The minimum Gasteiger partial charge on any atom is -0.430 e. The molecule has 27 heavy (non-hydrogen) atoms. The molecular weight excluding hydrogens is 352 g/mol. The molecule has 0 aromatic heterocycles. The molecule has 0 bridgehead atoms. The Balaban J connectivity index is 2.67. The van der Waals surface area contributed by atoms with Crippen molar-refractivity contribution in [2.24, 2.45) is 5.92 Å². The smallest absolute Gasteiger partial charge is 0.308 e. The zero-order valence-corrected chi connectivity index (χ0v) is 17.0. The standard InChI is InChI=1S/C20H38O7/c1-4-6-7-8-9-10-11-12-16(22)27-20(14(3)5-2)19(25)18(24)17(23)15(13-21)26-20/h14-15,17-19,21,23-25H,4-13H2,1-3H3/t14?,15-,17-,18+,19-,20?/m1/s1. The van der Waals surface area contributed by atoms with E-state index >= 15 is 0 Å². The highest BCUT2D eigenvalue weighted by Crippen LogP contribution is 2.38. The molecule has 0 amide bonds. The molecule has 1 aliphatic heterocycles. The topological polar surface area (TPSA) is 116 Å². The van der Waals surface area contributed by atoms with Crippen LogP contribution in [0.2, 0.25) is 0 Å². The summed E-state index contributed by atoms with van der Waals surface area (Å²) in [6.07, 6.45) is 2.44. The van der Waals surface area contributed by atoms with E-state index in [9.17, 15) is 25.2 Å². The van der Waals surface area contributed by atoms with Gasteiger partial charge in [-0.15, -0.1) is 0 Å². The first-order valence-corrected chi connectivity index (χ1v) is 10.4. The van der Waals surface area contributed by atoms with E-state index in [-0.39, 0.29) is 6.42 Å². The largest absolute Gasteiger partial charge is 0.430 e. The lowest BCUT2D eigenvalue weighted by molar-refractivity contribution is -0.368. The summed E-state index contributed by atoms with van der Waals surface area (Å²) in [4.78, 5) is 12.4. The summed E-state index contributed by atoms with van der Waals surface area (Å²) >= 11 is 0. The molecule has 4 N–H and O–H groups in total. The van der Waals surface area contributed by atoms with Crippen LogP contribution in [0, 0.1) is 5.92 Å². The highest BCUT2D eigenvalue weighted by atomic mass is 16.7. The van der Waals surface area contributed by atoms with Crippen LogP contribution < -0.4 is 0 Å². The molecule has 1 fully saturated rings. The van der Waals surface area contributed by atoms with Gasteiger partial charge in [0.15, 0.2) is 0 Å². The summed E-state index contributed by atoms with van der Waals surface area (Å²) in [6.45, 7) is 5.20. The summed E-state index contributed by atoms with van der Waals surface area (Å²) in [5.41, 5.74) is 0. The first-order valence-electron chi connectivity index (χ1n) is 10.4. The van der Waals surface area contributed by atoms with Crippen LogP contribution in [0.15, 0.2) is 0 Å². The molecule has 0 saturated carbocycles. The van der Waals surface area contributed by atoms with Gasteiger partial charge in [-0.25, -0.2) is 0 Å². The van der Waals surface area contributed by atoms with Crippen molar-refractivity contribution >= 4 is 5.97 Å². The Morgan fingerprint density at radius 3 is 2.19 bits per heavy atom. The highest BCUT2D eigenvalue weighted by Gasteiger charge is 2.58. The third-order valence-corrected chi connectivity index (χ3v) is 5.54. The molecule has 1 aliphatic rings. The summed E-state index contributed by atoms with van der Waals surface area (Å²) in [5.74, 6) is -2.72. The molecule has 7 heteroatoms. The summed E-state index contributed by atoms with van der Waals surface area (Å²) in [6, 6.07) is 0. The lowest BCUT2D eigenvalue weighted by Gasteiger charge is -2.50. The average Bonchev–Trinajstić information content (AvgIpc) is 2.67. The van der Waals surface area contributed by atoms with E-state index in [0.29, 0.717) is 12.8 Å². The normalized spacial score (nSPS) is 32.3. The molecule has 6 atom stereocenters. The molecule has 1 rings (SSSR count). The van der Waals surface area contributed by atoms with E-state index in [0.717, 1.165) is 19.3 Å². The second-order valence-corrected chi connectivity index (χ2v) is 7.64. The van der Waals surface area contributed by atoms with Crippen LogP contribution in [-0.4, -0.2) is 63.2 Å². The van der Waals surface area contributed by atoms with Gasteiger partial charge in [-0.2, -0.15) is 0 Å². The number of esters is 1. The summed E-state index contributed by atoms with van der Waals surface area (Å²) in [5, 5.41) is 40.1. The van der Waals surface area contributed by atoms with Gasteiger partial charge in [-0.3, -0.25) is 4.79 Å². The lowest BCUT2D eigenvalue weighted by Crippen LogP contribution is -2.68. The number of aliphatic hydroxyl groups is 4. The van der Waals surface area contributed by atoms with Gasteiger partial charge in [-0.05, 0) is 12.8 Å². The highest BCUT2D eigenvalue weighted by molar-refractivity contribution is 5.69. The van der Waals surface area contributed by atoms with Crippen LogP contribution in [0.4, 0.5) is 0 Å². The second-order valence-electron chi connectivity index (χ2n) is 7.64. The third-order valence-electron chi connectivity index (χ3n) is 5.54. The van der Waals surface area contributed by atoms with Gasteiger partial charge < -0.3 is 29.9 Å². The molecule has 7 nitrogen and oxygen atoms in total. The third kappa shape index (κ3) is 6.39. The fraction of sp³-hybridized carbons (Fsp3) is 0.950. The average molecular weight is 391 g/mol. The van der Waals surface area contributed by atoms with Crippen LogP contribution in [0.1, 0.15) is 78.6 Å². The molecule has 0 aliphatic carbocycles. The second kappa shape index (κ2) is 12.0. The fourth-order valence-corrected chi connectivity index (χ4v) is 3.50. The Kier molecular flexibility index (Phi) is 10.8. The maximum atomic E-state index is 12.4. The SMILES string of the molecule is CCCCCCCCCC(=O)OC1(C(C)CC)O[C@H](CO)[C@@H](O)[C@H](O)[C@H]1O. The Morgan fingerprint density at radius 1 is 1.04 bits per heavy atom. The lowest BCUT2D eigenvalue weighted by atomic mass is 9.84. The number of aliphatic hydroxyl groups excluding tert-OH is 4. The maximum Gasteiger partial charge on any atom is 0.308 e. The Morgan fingerprint density at radius 2 is 1.63 bits per heavy atom. The van der Waals surface area contributed by atoms with Gasteiger partial charge in [0.2, 0.25) is 5.79 Å². The maximum absolute atomic E-state index is 12.4. The van der Waals surface area contributed by atoms with Gasteiger partial charge in [0.1, 0.15) is 24.4 Å². The predicted molar refractivity (Wildman–Crippen MR) is 101 cm³/mol. The fourth-order valence-electron chi connectivity index (χ4n) is 3.50. The molecule has 1 saturated heterocycles. The molecule has 160 valence electrons. The molecular formula is C20H38O7. The van der Waals surface area contributed by atoms with Crippen LogP contribution in [0.25, 0.3) is 0 Å². The first-order chi connectivity index (χ1) is 12.8. The minimum absolute atomic E-state index is 0.199. The Labute approximate surface area is 162 Å². The van der Waals surface area contributed by atoms with Crippen LogP contribution in [0.5, 0.6) is 0 Å². The van der Waals surface area contributed by atoms with Gasteiger partial charge in [0.25, 0.3) is 0 Å². The monoisotopic (exact) mass is 390 g/mol. The molecule has 0 spiro atoms. The summed E-state index contributed by atoms with van der Waals surface area (Å²) in [7, 11) is 0. The minimum atomic E-state index is -1.78. The van der Waals surface area contributed by atoms with E-state index < -0.39 is 48.7 Å². The van der Waals surface area contributed by atoms with E-state index in [1.165, 1.54) is 19.3 Å². The van der Waals surface area contributed by atoms with Crippen molar-refractivity contribution in [2.75, 3.05) is 6.61 Å². The quantitative estimate of drug-likeness (QED) is 0.297. The van der Waals surface area contributed by atoms with Crippen LogP contribution in [-0.2, 0) is 14.3 Å². The van der Waals surface area contributed by atoms with Crippen LogP contribution >= 0.6 is 0 Å². The molecule has 0 aromatic rings. The van der Waals surface area contributed by atoms with Crippen molar-refractivity contribution in [3.8, 4) is 0 Å². The molecule has 0 radical (unpaired) electrons. The van der Waals surface area contributed by atoms with E-state index in [4.69, 9.17) is 9.47 Å².